The molecule has 0 saturated carbocycles. The molecule has 0 heterocycles. The van der Waals surface area contributed by atoms with Crippen LogP contribution in [0.1, 0.15) is 40.0 Å². The van der Waals surface area contributed by atoms with E-state index in [1.54, 1.807) is 0 Å². The van der Waals surface area contributed by atoms with Crippen molar-refractivity contribution in [3.8, 4) is 0 Å². The summed E-state index contributed by atoms with van der Waals surface area (Å²) < 4.78 is 0. The van der Waals surface area contributed by atoms with Gasteiger partial charge in [0, 0.05) is 17.8 Å². The second-order valence-electron chi connectivity index (χ2n) is 2.78. The van der Waals surface area contributed by atoms with Crippen molar-refractivity contribution in [2.45, 2.75) is 38.5 Å². The average molecular weight is 197 g/mol. The fourth-order valence-corrected chi connectivity index (χ4v) is 0.999. The minimum atomic E-state index is -0.286. The Bertz CT molecular complexity index is 147. The predicted octanol–water partition coefficient (Wildman–Crippen LogP) is -1.08. The second kappa shape index (κ2) is 12.1. The van der Waals surface area contributed by atoms with Crippen LogP contribution in [0.3, 0.4) is 0 Å². The Kier molecular flexibility index (Phi) is 14.4. The van der Waals surface area contributed by atoms with Crippen molar-refractivity contribution in [2.75, 3.05) is 6.54 Å². The number of rotatable bonds is 8. The van der Waals surface area contributed by atoms with Gasteiger partial charge < -0.3 is 6.22 Å². The molecule has 0 rings (SSSR count). The summed E-state index contributed by atoms with van der Waals surface area (Å²) in [6, 6.07) is 0. The van der Waals surface area contributed by atoms with E-state index in [1.807, 2.05) is 0 Å². The molecule has 0 N–H and O–H groups in total. The molecule has 0 aliphatic heterocycles. The van der Waals surface area contributed by atoms with Crippen LogP contribution in [0.15, 0.2) is 0 Å². The van der Waals surface area contributed by atoms with E-state index in [2.05, 4.69) is 0 Å². The molecule has 0 amide bonds. The van der Waals surface area contributed by atoms with E-state index >= 15 is 0 Å². The normalized spacial score (nSPS) is 8.92. The molecule has 0 aromatic carbocycles. The zero-order chi connectivity index (χ0) is 9.23. The molecule has 5 heteroatoms. The van der Waals surface area contributed by atoms with Crippen LogP contribution in [0.5, 0.6) is 0 Å². The van der Waals surface area contributed by atoms with Crippen molar-refractivity contribution >= 4 is 6.29 Å². The van der Waals surface area contributed by atoms with Gasteiger partial charge in [0.2, 0.25) is 6.54 Å². The molecule has 0 atom stereocenters. The number of carbonyl (C=O) groups excluding carboxylic acids is 1. The van der Waals surface area contributed by atoms with Gasteiger partial charge in [-0.3, -0.25) is 10.1 Å². The molecule has 72 valence electrons. The smallest absolute Gasteiger partial charge is 1.00 e. The van der Waals surface area contributed by atoms with Crippen LogP contribution < -0.4 is 29.6 Å². The number of hydrogen-bond acceptors (Lipinski definition) is 3. The Morgan fingerprint density at radius 3 is 2.23 bits per heavy atom. The van der Waals surface area contributed by atoms with Gasteiger partial charge in [0.05, 0.1) is 0 Å². The molecule has 0 fully saturated rings. The Morgan fingerprint density at radius 1 is 1.15 bits per heavy atom. The fourth-order valence-electron chi connectivity index (χ4n) is 0.999. The van der Waals surface area contributed by atoms with Gasteiger partial charge in [0.15, 0.2) is 0 Å². The summed E-state index contributed by atoms with van der Waals surface area (Å²) in [5.74, 6) is 0. The largest absolute Gasteiger partial charge is 1.00 e. The summed E-state index contributed by atoms with van der Waals surface area (Å²) in [7, 11) is 0. The molecular weight excluding hydrogens is 181 g/mol. The maximum atomic E-state index is 9.89. The first-order valence-electron chi connectivity index (χ1n) is 4.33. The molecular formula is C8H16NNaO3. The minimum Gasteiger partial charge on any atom is -1.00 e. The molecule has 13 heavy (non-hydrogen) atoms. The van der Waals surface area contributed by atoms with E-state index in [1.165, 1.54) is 0 Å². The number of nitro groups is 1. The predicted molar refractivity (Wildman–Crippen MR) is 46.7 cm³/mol. The second-order valence-corrected chi connectivity index (χ2v) is 2.78. The van der Waals surface area contributed by atoms with E-state index in [0.717, 1.165) is 32.0 Å². The van der Waals surface area contributed by atoms with Crippen LogP contribution >= 0.6 is 0 Å². The van der Waals surface area contributed by atoms with Crippen LogP contribution in [0, 0.1) is 10.1 Å². The van der Waals surface area contributed by atoms with Crippen molar-refractivity contribution in [3.05, 3.63) is 10.1 Å². The Morgan fingerprint density at radius 2 is 1.69 bits per heavy atom. The van der Waals surface area contributed by atoms with Gasteiger partial charge in [-0.05, 0) is 12.8 Å². The van der Waals surface area contributed by atoms with Crippen LogP contribution in [0.25, 0.3) is 0 Å². The van der Waals surface area contributed by atoms with E-state index in [9.17, 15) is 14.9 Å². The van der Waals surface area contributed by atoms with Crippen molar-refractivity contribution < 1.29 is 40.7 Å². The van der Waals surface area contributed by atoms with Crippen LogP contribution in [-0.2, 0) is 4.79 Å². The van der Waals surface area contributed by atoms with E-state index in [-0.39, 0.29) is 42.5 Å². The number of hydrogen-bond donors (Lipinski definition) is 0. The van der Waals surface area contributed by atoms with Gasteiger partial charge >= 0.3 is 29.6 Å². The summed E-state index contributed by atoms with van der Waals surface area (Å²) in [4.78, 5) is 19.5. The third-order valence-corrected chi connectivity index (χ3v) is 1.66. The van der Waals surface area contributed by atoms with E-state index in [4.69, 9.17) is 0 Å². The number of carbonyl (C=O) groups is 1. The third-order valence-electron chi connectivity index (χ3n) is 1.66. The standard InChI is InChI=1S/C8H15NO3.Na.H/c10-8-6-4-2-1-3-5-7-9(11)12;;/h8H,1-7H2;;/q;+1;-1. The summed E-state index contributed by atoms with van der Waals surface area (Å²) in [5.41, 5.74) is 0. The first kappa shape index (κ1) is 15.5. The first-order valence-corrected chi connectivity index (χ1v) is 4.33. The molecule has 0 unspecified atom stereocenters. The summed E-state index contributed by atoms with van der Waals surface area (Å²) in [6.07, 6.45) is 6.03. The number of nitrogens with zero attached hydrogens (tertiary/aromatic N) is 1. The van der Waals surface area contributed by atoms with Crippen LogP contribution in [0.2, 0.25) is 0 Å². The molecule has 0 aliphatic carbocycles. The summed E-state index contributed by atoms with van der Waals surface area (Å²) in [5, 5.41) is 9.89. The molecule has 0 bridgehead atoms. The SMILES string of the molecule is O=CCCCCCCC[N+](=O)[O-].[H-].[Na+]. The zero-order valence-electron chi connectivity index (χ0n) is 9.20. The Hall–Kier alpha value is 0.0700. The molecule has 0 aromatic heterocycles. The molecule has 0 aliphatic rings. The molecule has 0 aromatic rings. The molecule has 4 nitrogen and oxygen atoms in total. The Balaban J connectivity index is -0.000000605. The maximum absolute atomic E-state index is 9.89. The van der Waals surface area contributed by atoms with Gasteiger partial charge in [-0.15, -0.1) is 0 Å². The van der Waals surface area contributed by atoms with Crippen molar-refractivity contribution in [3.63, 3.8) is 0 Å². The van der Waals surface area contributed by atoms with E-state index < -0.39 is 0 Å². The molecule has 0 saturated heterocycles. The first-order chi connectivity index (χ1) is 5.77. The average Bonchev–Trinajstić information content (AvgIpc) is 2.02. The topological polar surface area (TPSA) is 60.2 Å². The van der Waals surface area contributed by atoms with Gasteiger partial charge in [-0.2, -0.15) is 0 Å². The number of aldehydes is 1. The van der Waals surface area contributed by atoms with Gasteiger partial charge in [0.25, 0.3) is 0 Å². The third kappa shape index (κ3) is 14.9. The maximum Gasteiger partial charge on any atom is 1.00 e. The zero-order valence-corrected chi connectivity index (χ0v) is 10.2. The van der Waals surface area contributed by atoms with Crippen molar-refractivity contribution in [2.24, 2.45) is 0 Å². The van der Waals surface area contributed by atoms with Crippen LogP contribution in [0.4, 0.5) is 0 Å². The molecule has 0 spiro atoms. The summed E-state index contributed by atoms with van der Waals surface area (Å²) >= 11 is 0. The van der Waals surface area contributed by atoms with Crippen molar-refractivity contribution in [1.29, 1.82) is 0 Å². The fraction of sp³-hybridized carbons (Fsp3) is 0.875. The van der Waals surface area contributed by atoms with Gasteiger partial charge in [0.1, 0.15) is 6.29 Å². The van der Waals surface area contributed by atoms with Gasteiger partial charge in [-0.1, -0.05) is 12.8 Å². The monoisotopic (exact) mass is 197 g/mol. The Labute approximate surface area is 102 Å². The molecule has 0 radical (unpaired) electrons. The van der Waals surface area contributed by atoms with Crippen molar-refractivity contribution in [1.82, 2.24) is 0 Å². The summed E-state index contributed by atoms with van der Waals surface area (Å²) in [6.45, 7) is 0.0771. The van der Waals surface area contributed by atoms with Crippen LogP contribution in [-0.4, -0.2) is 17.8 Å². The van der Waals surface area contributed by atoms with Gasteiger partial charge in [-0.25, -0.2) is 0 Å². The number of unbranched alkanes of at least 4 members (excludes halogenated alkanes) is 5. The quantitative estimate of drug-likeness (QED) is 0.163. The van der Waals surface area contributed by atoms with E-state index in [0.29, 0.717) is 12.8 Å². The minimum absolute atomic E-state index is 0.